The maximum atomic E-state index is 13.2. The molecule has 2 aromatic rings. The Morgan fingerprint density at radius 3 is 2.50 bits per heavy atom. The van der Waals surface area contributed by atoms with Crippen LogP contribution in [0, 0.1) is 5.95 Å². The fraction of sp³-hybridized carbons (Fsp3) is 0.200. The Balaban J connectivity index is 2.38. The lowest BCUT2D eigenvalue weighted by Crippen LogP contribution is -2.04. The molecule has 18 heavy (non-hydrogen) atoms. The molecule has 2 aromatic heterocycles. The van der Waals surface area contributed by atoms with E-state index in [0.29, 0.717) is 12.4 Å². The maximum absolute atomic E-state index is 13.2. The molecule has 0 radical (unpaired) electrons. The van der Waals surface area contributed by atoms with Crippen LogP contribution in [-0.4, -0.2) is 19.9 Å². The number of hydrogen-bond donors (Lipinski definition) is 1. The van der Waals surface area contributed by atoms with Gasteiger partial charge in [-0.05, 0) is 12.1 Å². The molecule has 96 valence electrons. The largest absolute Gasteiger partial charge is 0.419 e. The molecule has 0 unspecified atom stereocenters. The Morgan fingerprint density at radius 1 is 1.28 bits per heavy atom. The molecule has 2 heterocycles. The van der Waals surface area contributed by atoms with Crippen molar-refractivity contribution in [1.29, 1.82) is 0 Å². The molecular formula is C10H7F4N3O. The second kappa shape index (κ2) is 4.37. The molecule has 0 amide bonds. The SMILES string of the molecule is OCc1ccc(-n2cc(C(F)(F)F)cn2)nc1F. The molecular weight excluding hydrogens is 254 g/mol. The van der Waals surface area contributed by atoms with E-state index in [1.54, 1.807) is 0 Å². The van der Waals surface area contributed by atoms with Gasteiger partial charge in [0.15, 0.2) is 5.82 Å². The van der Waals surface area contributed by atoms with Crippen LogP contribution < -0.4 is 0 Å². The molecule has 8 heteroatoms. The number of aliphatic hydroxyl groups is 1. The van der Waals surface area contributed by atoms with E-state index in [1.165, 1.54) is 12.1 Å². The summed E-state index contributed by atoms with van der Waals surface area (Å²) < 4.78 is 51.1. The lowest BCUT2D eigenvalue weighted by Gasteiger charge is -2.03. The Hall–Kier alpha value is -1.96. The summed E-state index contributed by atoms with van der Waals surface area (Å²) in [5.41, 5.74) is -0.988. The summed E-state index contributed by atoms with van der Waals surface area (Å²) >= 11 is 0. The van der Waals surface area contributed by atoms with Gasteiger partial charge in [-0.1, -0.05) is 0 Å². The molecule has 0 saturated heterocycles. The van der Waals surface area contributed by atoms with Crippen LogP contribution in [0.2, 0.25) is 0 Å². The molecule has 0 aliphatic rings. The first-order chi connectivity index (χ1) is 8.41. The lowest BCUT2D eigenvalue weighted by atomic mass is 10.3. The molecule has 2 rings (SSSR count). The molecule has 0 aliphatic heterocycles. The van der Waals surface area contributed by atoms with Crippen LogP contribution in [0.15, 0.2) is 24.5 Å². The van der Waals surface area contributed by atoms with E-state index in [4.69, 9.17) is 5.11 Å². The molecule has 4 nitrogen and oxygen atoms in total. The maximum Gasteiger partial charge on any atom is 0.419 e. The van der Waals surface area contributed by atoms with Crippen LogP contribution in [0.3, 0.4) is 0 Å². The summed E-state index contributed by atoms with van der Waals surface area (Å²) in [6, 6.07) is 2.49. The van der Waals surface area contributed by atoms with Gasteiger partial charge >= 0.3 is 6.18 Å². The van der Waals surface area contributed by atoms with Crippen LogP contribution in [-0.2, 0) is 12.8 Å². The van der Waals surface area contributed by atoms with Gasteiger partial charge in [-0.2, -0.15) is 27.6 Å². The standard InChI is InChI=1S/C10H7F4N3O/c11-9-6(5-18)1-2-8(16-9)17-4-7(3-15-17)10(12,13)14/h1-4,18H,5H2. The monoisotopic (exact) mass is 261 g/mol. The molecule has 0 fully saturated rings. The van der Waals surface area contributed by atoms with Crippen molar-refractivity contribution in [2.75, 3.05) is 0 Å². The summed E-state index contributed by atoms with van der Waals surface area (Å²) in [4.78, 5) is 3.42. The third-order valence-electron chi connectivity index (χ3n) is 2.23. The highest BCUT2D eigenvalue weighted by atomic mass is 19.4. The quantitative estimate of drug-likeness (QED) is 0.663. The van der Waals surface area contributed by atoms with Crippen LogP contribution in [0.1, 0.15) is 11.1 Å². The van der Waals surface area contributed by atoms with Crippen molar-refractivity contribution in [1.82, 2.24) is 14.8 Å². The minimum Gasteiger partial charge on any atom is -0.392 e. The summed E-state index contributed by atoms with van der Waals surface area (Å²) in [6.45, 7) is -0.536. The highest BCUT2D eigenvalue weighted by Crippen LogP contribution is 2.28. The van der Waals surface area contributed by atoms with Gasteiger partial charge in [-0.15, -0.1) is 0 Å². The normalized spacial score (nSPS) is 11.8. The summed E-state index contributed by atoms with van der Waals surface area (Å²) in [5.74, 6) is -1.04. The van der Waals surface area contributed by atoms with E-state index in [9.17, 15) is 17.6 Å². The number of rotatable bonds is 2. The van der Waals surface area contributed by atoms with E-state index >= 15 is 0 Å². The molecule has 0 aliphatic carbocycles. The fourth-order valence-corrected chi connectivity index (χ4v) is 1.29. The second-order valence-corrected chi connectivity index (χ2v) is 3.45. The van der Waals surface area contributed by atoms with Gasteiger partial charge in [0.25, 0.3) is 0 Å². The van der Waals surface area contributed by atoms with Crippen molar-refractivity contribution in [3.05, 3.63) is 41.6 Å². The van der Waals surface area contributed by atoms with Crippen molar-refractivity contribution >= 4 is 0 Å². The molecule has 0 bridgehead atoms. The van der Waals surface area contributed by atoms with Gasteiger partial charge in [-0.25, -0.2) is 4.68 Å². The number of aliphatic hydroxyl groups excluding tert-OH is 1. The van der Waals surface area contributed by atoms with Gasteiger partial charge in [0.2, 0.25) is 5.95 Å². The van der Waals surface area contributed by atoms with Crippen LogP contribution in [0.4, 0.5) is 17.6 Å². The number of alkyl halides is 3. The number of nitrogens with zero attached hydrogens (tertiary/aromatic N) is 3. The van der Waals surface area contributed by atoms with Gasteiger partial charge in [0.1, 0.15) is 0 Å². The first-order valence-electron chi connectivity index (χ1n) is 4.80. The van der Waals surface area contributed by atoms with Crippen molar-refractivity contribution in [3.8, 4) is 5.82 Å². The summed E-state index contributed by atoms with van der Waals surface area (Å²) in [7, 11) is 0. The lowest BCUT2D eigenvalue weighted by molar-refractivity contribution is -0.137. The number of pyridine rings is 1. The Labute approximate surface area is 98.5 Å². The molecule has 0 spiro atoms. The van der Waals surface area contributed by atoms with Gasteiger partial charge < -0.3 is 5.11 Å². The number of aromatic nitrogens is 3. The van der Waals surface area contributed by atoms with Crippen molar-refractivity contribution < 1.29 is 22.7 Å². The summed E-state index contributed by atoms with van der Waals surface area (Å²) in [5, 5.41) is 12.2. The Morgan fingerprint density at radius 2 is 2.00 bits per heavy atom. The molecule has 0 atom stereocenters. The highest BCUT2D eigenvalue weighted by molar-refractivity contribution is 5.26. The third-order valence-corrected chi connectivity index (χ3v) is 2.23. The number of hydrogen-bond acceptors (Lipinski definition) is 3. The van der Waals surface area contributed by atoms with Crippen LogP contribution >= 0.6 is 0 Å². The average molecular weight is 261 g/mol. The average Bonchev–Trinajstić information content (AvgIpc) is 2.77. The zero-order valence-corrected chi connectivity index (χ0v) is 8.82. The highest BCUT2D eigenvalue weighted by Gasteiger charge is 2.32. The van der Waals surface area contributed by atoms with Crippen molar-refractivity contribution in [2.24, 2.45) is 0 Å². The fourth-order valence-electron chi connectivity index (χ4n) is 1.29. The van der Waals surface area contributed by atoms with E-state index in [-0.39, 0.29) is 11.4 Å². The van der Waals surface area contributed by atoms with E-state index in [1.807, 2.05) is 0 Å². The molecule has 0 aromatic carbocycles. The molecule has 0 saturated carbocycles. The predicted octanol–water partition coefficient (Wildman–Crippen LogP) is 1.92. The van der Waals surface area contributed by atoms with Crippen LogP contribution in [0.25, 0.3) is 5.82 Å². The predicted molar refractivity (Wildman–Crippen MR) is 52.2 cm³/mol. The van der Waals surface area contributed by atoms with Gasteiger partial charge in [0.05, 0.1) is 18.4 Å². The zero-order chi connectivity index (χ0) is 13.3. The third kappa shape index (κ3) is 2.33. The van der Waals surface area contributed by atoms with Gasteiger partial charge in [0, 0.05) is 11.8 Å². The zero-order valence-electron chi connectivity index (χ0n) is 8.82. The van der Waals surface area contributed by atoms with Crippen LogP contribution in [0.5, 0.6) is 0 Å². The minimum atomic E-state index is -4.51. The first-order valence-corrected chi connectivity index (χ1v) is 4.80. The molecule has 1 N–H and O–H groups in total. The van der Waals surface area contributed by atoms with E-state index in [2.05, 4.69) is 10.1 Å². The minimum absolute atomic E-state index is 0.0399. The van der Waals surface area contributed by atoms with E-state index < -0.39 is 24.3 Å². The van der Waals surface area contributed by atoms with Crippen molar-refractivity contribution in [3.63, 3.8) is 0 Å². The topological polar surface area (TPSA) is 50.9 Å². The Kier molecular flexibility index (Phi) is 3.04. The van der Waals surface area contributed by atoms with Gasteiger partial charge in [-0.3, -0.25) is 0 Å². The Bertz CT molecular complexity index is 564. The first kappa shape index (κ1) is 12.5. The number of halogens is 4. The smallest absolute Gasteiger partial charge is 0.392 e. The summed E-state index contributed by atoms with van der Waals surface area (Å²) in [6.07, 6.45) is -3.18. The second-order valence-electron chi connectivity index (χ2n) is 3.45. The van der Waals surface area contributed by atoms with E-state index in [0.717, 1.165) is 4.68 Å². The van der Waals surface area contributed by atoms with Crippen molar-refractivity contribution in [2.45, 2.75) is 12.8 Å².